The fraction of sp³-hybridized carbons (Fsp3) is 0.500. The van der Waals surface area contributed by atoms with E-state index in [9.17, 15) is 24.2 Å². The van der Waals surface area contributed by atoms with Crippen LogP contribution < -0.4 is 0 Å². The van der Waals surface area contributed by atoms with E-state index in [4.69, 9.17) is 5.11 Å². The first-order valence-electron chi connectivity index (χ1n) is 8.93. The zero-order valence-electron chi connectivity index (χ0n) is 14.6. The number of halogens is 1. The summed E-state index contributed by atoms with van der Waals surface area (Å²) in [4.78, 5) is 22.7. The number of carboxylic acids is 1. The largest absolute Gasteiger partial charge is 0.481 e. The lowest BCUT2D eigenvalue weighted by Gasteiger charge is -2.24. The summed E-state index contributed by atoms with van der Waals surface area (Å²) in [6.45, 7) is 0. The predicted octanol–water partition coefficient (Wildman–Crippen LogP) is 3.15. The Bertz CT molecular complexity index is 668. The molecule has 0 amide bonds. The maximum Gasteiger partial charge on any atom is 0.303 e. The van der Waals surface area contributed by atoms with Gasteiger partial charge in [-0.05, 0) is 18.9 Å². The van der Waals surface area contributed by atoms with E-state index in [1.165, 1.54) is 18.2 Å². The van der Waals surface area contributed by atoms with Crippen molar-refractivity contribution in [2.45, 2.75) is 50.7 Å². The molecule has 1 aliphatic carbocycles. The number of Topliss-reactive ketones (excluding diaryl/α,β-unsaturated/α-hetero) is 1. The molecule has 5 nitrogen and oxygen atoms in total. The maximum atomic E-state index is 13.7. The second-order valence-corrected chi connectivity index (χ2v) is 6.88. The number of ketones is 1. The van der Waals surface area contributed by atoms with Crippen LogP contribution in [0.1, 0.15) is 50.5 Å². The number of benzene rings is 1. The van der Waals surface area contributed by atoms with Gasteiger partial charge in [0.25, 0.3) is 0 Å². The van der Waals surface area contributed by atoms with Crippen LogP contribution in [0.25, 0.3) is 6.08 Å². The summed E-state index contributed by atoms with van der Waals surface area (Å²) in [7, 11) is 0. The summed E-state index contributed by atoms with van der Waals surface area (Å²) in [5, 5.41) is 28.9. The molecule has 3 N–H and O–H groups in total. The highest BCUT2D eigenvalue weighted by molar-refractivity contribution is 5.85. The Morgan fingerprint density at radius 2 is 1.88 bits per heavy atom. The molecule has 0 bridgehead atoms. The summed E-state index contributed by atoms with van der Waals surface area (Å²) in [5.74, 6) is -4.86. The zero-order chi connectivity index (χ0) is 19.2. The van der Waals surface area contributed by atoms with Crippen molar-refractivity contribution in [3.8, 4) is 0 Å². The molecule has 1 fully saturated rings. The van der Waals surface area contributed by atoms with Gasteiger partial charge in [0, 0.05) is 23.8 Å². The first-order valence-corrected chi connectivity index (χ1v) is 8.93. The van der Waals surface area contributed by atoms with Gasteiger partial charge >= 0.3 is 5.97 Å². The molecule has 2 rings (SSSR count). The van der Waals surface area contributed by atoms with E-state index in [0.717, 1.165) is 12.8 Å². The van der Waals surface area contributed by atoms with Gasteiger partial charge in [0.15, 0.2) is 5.79 Å². The van der Waals surface area contributed by atoms with Gasteiger partial charge in [-0.1, -0.05) is 49.6 Å². The first-order chi connectivity index (χ1) is 12.3. The second kappa shape index (κ2) is 9.05. The molecule has 6 heteroatoms. The van der Waals surface area contributed by atoms with Gasteiger partial charge in [-0.25, -0.2) is 4.39 Å². The van der Waals surface area contributed by atoms with Crippen LogP contribution in [-0.2, 0) is 9.59 Å². The van der Waals surface area contributed by atoms with Gasteiger partial charge in [0.2, 0.25) is 0 Å². The fourth-order valence-electron chi connectivity index (χ4n) is 3.47. The summed E-state index contributed by atoms with van der Waals surface area (Å²) >= 11 is 0. The van der Waals surface area contributed by atoms with Crippen molar-refractivity contribution in [2.75, 3.05) is 0 Å². The Morgan fingerprint density at radius 1 is 1.19 bits per heavy atom. The zero-order valence-corrected chi connectivity index (χ0v) is 14.6. The van der Waals surface area contributed by atoms with E-state index in [1.54, 1.807) is 18.2 Å². The van der Waals surface area contributed by atoms with E-state index in [1.807, 2.05) is 0 Å². The van der Waals surface area contributed by atoms with E-state index in [2.05, 4.69) is 0 Å². The molecule has 26 heavy (non-hydrogen) atoms. The lowest BCUT2D eigenvalue weighted by atomic mass is 9.87. The predicted molar refractivity (Wildman–Crippen MR) is 94.5 cm³/mol. The summed E-state index contributed by atoms with van der Waals surface area (Å²) in [6.07, 6.45) is 6.14. The number of hydrogen-bond acceptors (Lipinski definition) is 4. The highest BCUT2D eigenvalue weighted by Gasteiger charge is 2.49. The monoisotopic (exact) mass is 364 g/mol. The van der Waals surface area contributed by atoms with E-state index in [0.29, 0.717) is 24.8 Å². The van der Waals surface area contributed by atoms with Crippen molar-refractivity contribution in [1.29, 1.82) is 0 Å². The minimum atomic E-state index is -2.12. The molecule has 1 aromatic rings. The molecule has 1 saturated carbocycles. The Kier molecular flexibility index (Phi) is 7.06. The van der Waals surface area contributed by atoms with Crippen LogP contribution in [0.2, 0.25) is 0 Å². The summed E-state index contributed by atoms with van der Waals surface area (Å²) < 4.78 is 13.7. The summed E-state index contributed by atoms with van der Waals surface area (Å²) in [6, 6.07) is 6.15. The molecule has 2 unspecified atom stereocenters. The Balaban J connectivity index is 1.96. The number of carbonyl (C=O) groups excluding carboxylic acids is 1. The first kappa shape index (κ1) is 20.3. The van der Waals surface area contributed by atoms with E-state index in [-0.39, 0.29) is 18.6 Å². The van der Waals surface area contributed by atoms with Crippen LogP contribution in [0, 0.1) is 17.7 Å². The lowest BCUT2D eigenvalue weighted by molar-refractivity contribution is -0.178. The second-order valence-electron chi connectivity index (χ2n) is 6.88. The molecular weight excluding hydrogens is 339 g/mol. The molecule has 0 radical (unpaired) electrons. The van der Waals surface area contributed by atoms with Crippen LogP contribution in [0.3, 0.4) is 0 Å². The van der Waals surface area contributed by atoms with Crippen molar-refractivity contribution in [3.05, 3.63) is 41.7 Å². The number of aliphatic carboxylic acids is 1. The minimum Gasteiger partial charge on any atom is -0.481 e. The van der Waals surface area contributed by atoms with Crippen LogP contribution in [-0.4, -0.2) is 32.9 Å². The third-order valence-corrected chi connectivity index (χ3v) is 4.86. The SMILES string of the molecule is O=C(O)CCCCCCC1C(=O)CC(O)(O)C1/C=C/c1ccccc1F. The van der Waals surface area contributed by atoms with Gasteiger partial charge in [-0.3, -0.25) is 9.59 Å². The molecule has 0 aliphatic heterocycles. The van der Waals surface area contributed by atoms with Crippen LogP contribution in [0.15, 0.2) is 30.3 Å². The maximum absolute atomic E-state index is 13.7. The molecule has 0 heterocycles. The van der Waals surface area contributed by atoms with Crippen LogP contribution >= 0.6 is 0 Å². The Morgan fingerprint density at radius 3 is 2.58 bits per heavy atom. The van der Waals surface area contributed by atoms with Crippen molar-refractivity contribution >= 4 is 17.8 Å². The topological polar surface area (TPSA) is 94.8 Å². The van der Waals surface area contributed by atoms with Crippen molar-refractivity contribution in [1.82, 2.24) is 0 Å². The quantitative estimate of drug-likeness (QED) is 0.462. The number of carboxylic acid groups (broad SMARTS) is 1. The molecule has 142 valence electrons. The average Bonchev–Trinajstić information content (AvgIpc) is 2.78. The average molecular weight is 364 g/mol. The van der Waals surface area contributed by atoms with Gasteiger partial charge in [-0.2, -0.15) is 0 Å². The lowest BCUT2D eigenvalue weighted by Crippen LogP contribution is -2.33. The highest BCUT2D eigenvalue weighted by atomic mass is 19.1. The van der Waals surface area contributed by atoms with Gasteiger partial charge in [0.1, 0.15) is 11.6 Å². The standard InChI is InChI=1S/C20H25FO5/c21-17-9-6-5-7-14(17)11-12-16-15(18(22)13-20(16,25)26)8-3-1-2-4-10-19(23)24/h5-7,9,11-12,15-16,25-26H,1-4,8,10,13H2,(H,23,24)/b12-11+. The smallest absolute Gasteiger partial charge is 0.303 e. The third-order valence-electron chi connectivity index (χ3n) is 4.86. The highest BCUT2D eigenvalue weighted by Crippen LogP contribution is 2.40. The van der Waals surface area contributed by atoms with E-state index < -0.39 is 29.4 Å². The normalized spacial score (nSPS) is 22.2. The number of hydrogen-bond donors (Lipinski definition) is 3. The van der Waals surface area contributed by atoms with Crippen LogP contribution in [0.5, 0.6) is 0 Å². The number of rotatable bonds is 9. The molecule has 0 saturated heterocycles. The Labute approximate surface area is 152 Å². The van der Waals surface area contributed by atoms with Crippen molar-refractivity contribution < 1.29 is 29.3 Å². The van der Waals surface area contributed by atoms with Gasteiger partial charge in [0.05, 0.1) is 6.42 Å². The fourth-order valence-corrected chi connectivity index (χ4v) is 3.47. The Hall–Kier alpha value is -2.05. The van der Waals surface area contributed by atoms with Crippen molar-refractivity contribution in [2.24, 2.45) is 11.8 Å². The number of carbonyl (C=O) groups is 2. The molecular formula is C20H25FO5. The molecule has 0 aromatic heterocycles. The molecule has 1 aromatic carbocycles. The summed E-state index contributed by atoms with van der Waals surface area (Å²) in [5.41, 5.74) is 0.329. The van der Waals surface area contributed by atoms with Crippen molar-refractivity contribution in [3.63, 3.8) is 0 Å². The third kappa shape index (κ3) is 5.47. The number of unbranched alkanes of at least 4 members (excludes halogenated alkanes) is 3. The van der Waals surface area contributed by atoms with Gasteiger partial charge < -0.3 is 15.3 Å². The molecule has 0 spiro atoms. The van der Waals surface area contributed by atoms with Gasteiger partial charge in [-0.15, -0.1) is 0 Å². The molecule has 2 atom stereocenters. The molecule has 1 aliphatic rings. The number of aliphatic hydroxyl groups is 2. The van der Waals surface area contributed by atoms with E-state index >= 15 is 0 Å². The minimum absolute atomic E-state index is 0.132. The van der Waals surface area contributed by atoms with Crippen LogP contribution in [0.4, 0.5) is 4.39 Å².